The number of aromatic nitrogens is 2. The van der Waals surface area contributed by atoms with Crippen LogP contribution in [0.15, 0.2) is 9.95 Å². The summed E-state index contributed by atoms with van der Waals surface area (Å²) in [7, 11) is 3.01. The standard InChI is InChI=1S/C20H27N3O4S2/c1-5-11(2)16(19(26)27-4)21-14(24)10-28-20-22-17-15(18(25)23(20)3)12-8-6-7-9-13(12)29-17/h11,16H,5-10H2,1-4H3,(H,21,24). The Hall–Kier alpha value is -1.87. The molecule has 0 aliphatic heterocycles. The normalized spacial score (nSPS) is 15.6. The molecule has 3 rings (SSSR count). The van der Waals surface area contributed by atoms with Gasteiger partial charge in [-0.1, -0.05) is 32.0 Å². The van der Waals surface area contributed by atoms with Crippen molar-refractivity contribution in [2.24, 2.45) is 13.0 Å². The number of nitrogens with zero attached hydrogens (tertiary/aromatic N) is 2. The first-order valence-corrected chi connectivity index (χ1v) is 11.7. The summed E-state index contributed by atoms with van der Waals surface area (Å²) >= 11 is 2.80. The molecule has 2 aromatic rings. The first kappa shape index (κ1) is 21.8. The quantitative estimate of drug-likeness (QED) is 0.407. The fourth-order valence-electron chi connectivity index (χ4n) is 3.54. The number of carbonyl (C=O) groups is 2. The molecule has 1 N–H and O–H groups in total. The smallest absolute Gasteiger partial charge is 0.328 e. The molecule has 2 aromatic heterocycles. The molecular weight excluding hydrogens is 410 g/mol. The summed E-state index contributed by atoms with van der Waals surface area (Å²) in [6.45, 7) is 3.85. The predicted molar refractivity (Wildman–Crippen MR) is 116 cm³/mol. The summed E-state index contributed by atoms with van der Waals surface area (Å²) in [5.74, 6) is -0.701. The van der Waals surface area contributed by atoms with Gasteiger partial charge in [0.2, 0.25) is 5.91 Å². The highest BCUT2D eigenvalue weighted by molar-refractivity contribution is 7.99. The lowest BCUT2D eigenvalue weighted by atomic mass is 9.97. The van der Waals surface area contributed by atoms with E-state index in [1.165, 1.54) is 28.3 Å². The van der Waals surface area contributed by atoms with E-state index in [4.69, 9.17) is 4.74 Å². The predicted octanol–water partition coefficient (Wildman–Crippen LogP) is 2.67. The maximum absolute atomic E-state index is 12.9. The summed E-state index contributed by atoms with van der Waals surface area (Å²) < 4.78 is 6.33. The molecule has 0 bridgehead atoms. The molecule has 9 heteroatoms. The zero-order valence-corrected chi connectivity index (χ0v) is 18.9. The zero-order valence-electron chi connectivity index (χ0n) is 17.2. The van der Waals surface area contributed by atoms with Gasteiger partial charge in [-0.05, 0) is 37.2 Å². The number of amides is 1. The van der Waals surface area contributed by atoms with Gasteiger partial charge in [0.1, 0.15) is 10.9 Å². The van der Waals surface area contributed by atoms with Crippen molar-refractivity contribution in [2.75, 3.05) is 12.9 Å². The maximum atomic E-state index is 12.9. The van der Waals surface area contributed by atoms with Gasteiger partial charge in [-0.2, -0.15) is 0 Å². The van der Waals surface area contributed by atoms with E-state index < -0.39 is 12.0 Å². The number of hydrogen-bond acceptors (Lipinski definition) is 7. The summed E-state index contributed by atoms with van der Waals surface area (Å²) in [5.41, 5.74) is 1.11. The van der Waals surface area contributed by atoms with Crippen LogP contribution in [0.1, 0.15) is 43.6 Å². The number of thioether (sulfide) groups is 1. The van der Waals surface area contributed by atoms with Gasteiger partial charge in [-0.15, -0.1) is 11.3 Å². The molecule has 0 fully saturated rings. The lowest BCUT2D eigenvalue weighted by Crippen LogP contribution is -2.46. The van der Waals surface area contributed by atoms with E-state index in [2.05, 4.69) is 10.3 Å². The molecule has 1 aliphatic carbocycles. The Balaban J connectivity index is 1.76. The molecular formula is C20H27N3O4S2. The Kier molecular flexibility index (Phi) is 7.00. The van der Waals surface area contributed by atoms with Crippen LogP contribution in [0.3, 0.4) is 0 Å². The summed E-state index contributed by atoms with van der Waals surface area (Å²) in [6, 6.07) is -0.679. The Bertz CT molecular complexity index is 982. The Morgan fingerprint density at radius 2 is 2.07 bits per heavy atom. The minimum absolute atomic E-state index is 0.0346. The van der Waals surface area contributed by atoms with Crippen LogP contribution in [0.5, 0.6) is 0 Å². The highest BCUT2D eigenvalue weighted by Crippen LogP contribution is 2.34. The van der Waals surface area contributed by atoms with Gasteiger partial charge in [0, 0.05) is 11.9 Å². The van der Waals surface area contributed by atoms with Crippen molar-refractivity contribution in [1.29, 1.82) is 0 Å². The van der Waals surface area contributed by atoms with Crippen molar-refractivity contribution in [2.45, 2.75) is 57.1 Å². The molecule has 1 aliphatic rings. The second-order valence-electron chi connectivity index (χ2n) is 7.39. The third kappa shape index (κ3) is 4.50. The van der Waals surface area contributed by atoms with Crippen molar-refractivity contribution in [3.05, 3.63) is 20.8 Å². The van der Waals surface area contributed by atoms with E-state index in [1.54, 1.807) is 18.4 Å². The second-order valence-corrected chi connectivity index (χ2v) is 9.42. The molecule has 1 amide bonds. The van der Waals surface area contributed by atoms with E-state index >= 15 is 0 Å². The van der Waals surface area contributed by atoms with Crippen LogP contribution in [0.2, 0.25) is 0 Å². The molecule has 0 aromatic carbocycles. The minimum atomic E-state index is -0.679. The minimum Gasteiger partial charge on any atom is -0.467 e. The van der Waals surface area contributed by atoms with Crippen LogP contribution in [0.4, 0.5) is 0 Å². The topological polar surface area (TPSA) is 90.3 Å². The van der Waals surface area contributed by atoms with Crippen molar-refractivity contribution in [1.82, 2.24) is 14.9 Å². The third-order valence-electron chi connectivity index (χ3n) is 5.47. The molecule has 158 valence electrons. The van der Waals surface area contributed by atoms with Crippen LogP contribution in [0, 0.1) is 5.92 Å². The number of carbonyl (C=O) groups excluding carboxylic acids is 2. The lowest BCUT2D eigenvalue weighted by Gasteiger charge is -2.21. The van der Waals surface area contributed by atoms with Crippen LogP contribution in [-0.4, -0.2) is 40.3 Å². The highest BCUT2D eigenvalue weighted by atomic mass is 32.2. The SMILES string of the molecule is CCC(C)C(NC(=O)CSc1nc2sc3c(c2c(=O)n1C)CCCC3)C(=O)OC. The van der Waals surface area contributed by atoms with Crippen LogP contribution < -0.4 is 10.9 Å². The Morgan fingerprint density at radius 3 is 2.76 bits per heavy atom. The van der Waals surface area contributed by atoms with Crippen molar-refractivity contribution in [3.8, 4) is 0 Å². The van der Waals surface area contributed by atoms with Gasteiger partial charge >= 0.3 is 5.97 Å². The first-order chi connectivity index (χ1) is 13.9. The monoisotopic (exact) mass is 437 g/mol. The van der Waals surface area contributed by atoms with E-state index in [-0.39, 0.29) is 23.1 Å². The van der Waals surface area contributed by atoms with Crippen LogP contribution >= 0.6 is 23.1 Å². The van der Waals surface area contributed by atoms with Gasteiger partial charge in [0.15, 0.2) is 5.16 Å². The van der Waals surface area contributed by atoms with Crippen LogP contribution in [-0.2, 0) is 34.2 Å². The van der Waals surface area contributed by atoms with Gasteiger partial charge < -0.3 is 10.1 Å². The molecule has 2 atom stereocenters. The molecule has 0 saturated heterocycles. The number of thiophene rings is 1. The van der Waals surface area contributed by atoms with Gasteiger partial charge in [-0.25, -0.2) is 9.78 Å². The largest absolute Gasteiger partial charge is 0.467 e. The molecule has 0 radical (unpaired) electrons. The van der Waals surface area contributed by atoms with Gasteiger partial charge in [-0.3, -0.25) is 14.2 Å². The number of aryl methyl sites for hydroxylation is 2. The average molecular weight is 438 g/mol. The van der Waals surface area contributed by atoms with Gasteiger partial charge in [0.05, 0.1) is 18.2 Å². The number of fused-ring (bicyclic) bond motifs is 3. The molecule has 2 heterocycles. The third-order valence-corrected chi connectivity index (χ3v) is 7.69. The van der Waals surface area contributed by atoms with E-state index in [9.17, 15) is 14.4 Å². The van der Waals surface area contributed by atoms with E-state index in [0.717, 1.165) is 47.9 Å². The summed E-state index contributed by atoms with van der Waals surface area (Å²) in [5, 5.41) is 4.00. The van der Waals surface area contributed by atoms with Crippen molar-refractivity contribution >= 4 is 45.2 Å². The van der Waals surface area contributed by atoms with Crippen molar-refractivity contribution in [3.63, 3.8) is 0 Å². The number of ether oxygens (including phenoxy) is 1. The Labute approximate surface area is 178 Å². The molecule has 2 unspecified atom stereocenters. The van der Waals surface area contributed by atoms with Crippen molar-refractivity contribution < 1.29 is 14.3 Å². The first-order valence-electron chi connectivity index (χ1n) is 9.88. The number of esters is 1. The molecule has 0 saturated carbocycles. The zero-order chi connectivity index (χ0) is 21.1. The number of nitrogens with one attached hydrogen (secondary N) is 1. The van der Waals surface area contributed by atoms with E-state index in [0.29, 0.717) is 5.16 Å². The fraction of sp³-hybridized carbons (Fsp3) is 0.600. The molecule has 29 heavy (non-hydrogen) atoms. The highest BCUT2D eigenvalue weighted by Gasteiger charge is 2.27. The summed E-state index contributed by atoms with van der Waals surface area (Å²) in [4.78, 5) is 44.0. The fourth-order valence-corrected chi connectivity index (χ4v) is 5.62. The Morgan fingerprint density at radius 1 is 1.34 bits per heavy atom. The average Bonchev–Trinajstić information content (AvgIpc) is 3.10. The number of methoxy groups -OCH3 is 1. The van der Waals surface area contributed by atoms with Crippen LogP contribution in [0.25, 0.3) is 10.2 Å². The summed E-state index contributed by atoms with van der Waals surface area (Å²) in [6.07, 6.45) is 4.94. The number of hydrogen-bond donors (Lipinski definition) is 1. The molecule has 0 spiro atoms. The lowest BCUT2D eigenvalue weighted by molar-refractivity contribution is -0.146. The second kappa shape index (κ2) is 9.30. The maximum Gasteiger partial charge on any atom is 0.328 e. The van der Waals surface area contributed by atoms with Gasteiger partial charge in [0.25, 0.3) is 5.56 Å². The van der Waals surface area contributed by atoms with E-state index in [1.807, 2.05) is 13.8 Å². The number of rotatable bonds is 7. The molecule has 7 nitrogen and oxygen atoms in total.